The van der Waals surface area contributed by atoms with Gasteiger partial charge in [0.1, 0.15) is 16.6 Å². The van der Waals surface area contributed by atoms with Crippen LogP contribution in [-0.2, 0) is 65.0 Å². The Hall–Kier alpha value is -8.78. The van der Waals surface area contributed by atoms with E-state index in [1.807, 2.05) is 66.9 Å². The molecule has 0 unspecified atom stereocenters. The van der Waals surface area contributed by atoms with Crippen LogP contribution >= 0.6 is 0 Å². The third kappa shape index (κ3) is 22.2. The summed E-state index contributed by atoms with van der Waals surface area (Å²) < 4.78 is 0. The number of benzene rings is 2. The smallest absolute Gasteiger partial charge is 0.178 e. The van der Waals surface area contributed by atoms with Gasteiger partial charge in [0.2, 0.25) is 0 Å². The number of rotatable bonds is 0. The lowest BCUT2D eigenvalue weighted by Crippen LogP contribution is -2.25. The van der Waals surface area contributed by atoms with Crippen LogP contribution in [0.25, 0.3) is 66.2 Å². The second-order valence-electron chi connectivity index (χ2n) is 41.3. The van der Waals surface area contributed by atoms with Crippen LogP contribution in [0.1, 0.15) is 317 Å². The van der Waals surface area contributed by atoms with E-state index in [2.05, 4.69) is 306 Å². The molecule has 0 bridgehead atoms. The third-order valence-corrected chi connectivity index (χ3v) is 18.0. The minimum atomic E-state index is -0.0265. The summed E-state index contributed by atoms with van der Waals surface area (Å²) in [5, 5.41) is 2.35. The van der Waals surface area contributed by atoms with Crippen molar-refractivity contribution in [2.24, 2.45) is 0 Å². The second-order valence-corrected chi connectivity index (χ2v) is 41.3. The number of hydrogen-bond donors (Lipinski definition) is 0. The normalized spacial score (nSPS) is 13.0. The Kier molecular flexibility index (Phi) is 25.4. The molecule has 108 heavy (non-hydrogen) atoms. The first kappa shape index (κ1) is 86.5. The molecular weight excluding hydrogens is 1330 g/mol. The van der Waals surface area contributed by atoms with E-state index in [4.69, 9.17) is 49.8 Å². The van der Waals surface area contributed by atoms with Crippen LogP contribution in [0.2, 0.25) is 0 Å². The zero-order valence-corrected chi connectivity index (χ0v) is 73.0. The van der Waals surface area contributed by atoms with Crippen molar-refractivity contribution in [3.05, 3.63) is 202 Å². The van der Waals surface area contributed by atoms with Crippen molar-refractivity contribution >= 4 is 66.2 Å². The molecule has 2 aromatic carbocycles. The molecule has 12 aromatic rings. The predicted octanol–water partition coefficient (Wildman–Crippen LogP) is 24.1. The van der Waals surface area contributed by atoms with Gasteiger partial charge in [0.15, 0.2) is 11.3 Å². The van der Waals surface area contributed by atoms with Crippen molar-refractivity contribution in [1.29, 1.82) is 0 Å². The highest BCUT2D eigenvalue weighted by atomic mass is 14.9. The first-order valence-corrected chi connectivity index (χ1v) is 38.5. The summed E-state index contributed by atoms with van der Waals surface area (Å²) in [6, 6.07) is 32.7. The largest absolute Gasteiger partial charge is 0.264 e. The molecule has 0 amide bonds. The van der Waals surface area contributed by atoms with Crippen molar-refractivity contribution in [1.82, 2.24) is 69.8 Å². The molecule has 10 aromatic heterocycles. The van der Waals surface area contributed by atoms with E-state index in [0.717, 1.165) is 106 Å². The number of nitrogens with zero attached hydrogens (tertiary/aromatic N) is 14. The summed E-state index contributed by atoms with van der Waals surface area (Å²) in [6.45, 7) is 79.1. The van der Waals surface area contributed by atoms with Gasteiger partial charge in [0, 0.05) is 95.9 Å². The fourth-order valence-corrected chi connectivity index (χ4v) is 12.3. The molecule has 0 N–H and O–H groups in total. The Morgan fingerprint density at radius 3 is 0.759 bits per heavy atom. The van der Waals surface area contributed by atoms with Crippen molar-refractivity contribution in [3.63, 3.8) is 0 Å². The molecule has 0 atom stereocenters. The summed E-state index contributed by atoms with van der Waals surface area (Å²) in [7, 11) is 0. The number of aromatic nitrogens is 14. The van der Waals surface area contributed by atoms with Gasteiger partial charge < -0.3 is 0 Å². The van der Waals surface area contributed by atoms with E-state index in [-0.39, 0.29) is 65.0 Å². The van der Waals surface area contributed by atoms with Crippen LogP contribution in [0.4, 0.5) is 0 Å². The summed E-state index contributed by atoms with van der Waals surface area (Å²) >= 11 is 0. The maximum Gasteiger partial charge on any atom is 0.178 e. The maximum atomic E-state index is 4.91. The molecular formula is C94H130N14. The number of fused-ring (bicyclic) bond motifs is 6. The topological polar surface area (TPSA) is 180 Å². The van der Waals surface area contributed by atoms with Crippen LogP contribution in [0, 0.1) is 0 Å². The van der Waals surface area contributed by atoms with Crippen molar-refractivity contribution < 1.29 is 0 Å². The molecule has 12 rings (SSSR count). The quantitative estimate of drug-likeness (QED) is 0.140. The van der Waals surface area contributed by atoms with E-state index in [1.54, 1.807) is 31.0 Å². The average molecular weight is 1460 g/mol. The van der Waals surface area contributed by atoms with E-state index < -0.39 is 0 Å². The Balaban J connectivity index is 0.000000180. The van der Waals surface area contributed by atoms with Gasteiger partial charge in [-0.15, -0.1) is 0 Å². The lowest BCUT2D eigenvalue weighted by Gasteiger charge is -2.29. The van der Waals surface area contributed by atoms with Crippen LogP contribution in [0.5, 0.6) is 0 Å². The molecule has 14 heteroatoms. The molecule has 0 aliphatic carbocycles. The van der Waals surface area contributed by atoms with Crippen LogP contribution < -0.4 is 0 Å². The van der Waals surface area contributed by atoms with Gasteiger partial charge in [-0.05, 0) is 88.7 Å². The highest BCUT2D eigenvalue weighted by molar-refractivity contribution is 5.81. The fraction of sp³-hybridized carbons (Fsp3) is 0.511. The summed E-state index contributed by atoms with van der Waals surface area (Å²) in [4.78, 5) is 65.1. The van der Waals surface area contributed by atoms with Gasteiger partial charge in [0.25, 0.3) is 0 Å². The molecule has 14 nitrogen and oxygen atoms in total. The highest BCUT2D eigenvalue weighted by Gasteiger charge is 2.34. The van der Waals surface area contributed by atoms with E-state index >= 15 is 0 Å². The monoisotopic (exact) mass is 1460 g/mol. The van der Waals surface area contributed by atoms with Crippen LogP contribution in [-0.4, -0.2) is 69.8 Å². The molecule has 0 saturated carbocycles. The highest BCUT2D eigenvalue weighted by Crippen LogP contribution is 2.40. The lowest BCUT2D eigenvalue weighted by molar-refractivity contribution is 0.502. The van der Waals surface area contributed by atoms with E-state index in [0.29, 0.717) is 0 Å². The average Bonchev–Trinajstić information content (AvgIpc) is 0.810. The first-order chi connectivity index (χ1) is 49.2. The lowest BCUT2D eigenvalue weighted by atomic mass is 9.78. The fourth-order valence-electron chi connectivity index (χ4n) is 12.3. The van der Waals surface area contributed by atoms with Crippen molar-refractivity contribution in [2.75, 3.05) is 0 Å². The zero-order valence-electron chi connectivity index (χ0n) is 73.0. The number of hydrogen-bond acceptors (Lipinski definition) is 14. The SMILES string of the molecule is CC(C)(C)c1cc2ccccc2nc1C(C)(C)C.CC(C)(C)c1cc2cnccc2nc1C(C)(C)C.CC(C)(C)c1nc2ccccc2nc1C(C)(C)C.CC(C)(C)c1nc2cccnc2nc1C(C)(C)C.CC(C)(C)c1nc2cccnc2nc1C(C)(C)C.CC(C)(C)c1nc2ccncc2nc1C(C)(C)C. The molecule has 0 saturated heterocycles. The van der Waals surface area contributed by atoms with Gasteiger partial charge in [-0.1, -0.05) is 280 Å². The number of para-hydroxylation sites is 3. The zero-order chi connectivity index (χ0) is 81.3. The summed E-state index contributed by atoms with van der Waals surface area (Å²) in [6.07, 6.45) is 10.8. The Bertz CT molecular complexity index is 3950. The van der Waals surface area contributed by atoms with Gasteiger partial charge in [-0.2, -0.15) is 0 Å². The van der Waals surface area contributed by atoms with Crippen LogP contribution in [0.3, 0.4) is 0 Å². The predicted molar refractivity (Wildman–Crippen MR) is 457 cm³/mol. The second kappa shape index (κ2) is 31.7. The molecule has 10 heterocycles. The van der Waals surface area contributed by atoms with Crippen LogP contribution in [0.15, 0.2) is 134 Å². The molecule has 576 valence electrons. The maximum absolute atomic E-state index is 4.91. The standard InChI is InChI=1S/C17H23N.2C16H22N2.3C15H21N3/c1-16(2,3)13-11-12-9-7-8-10-14(12)18-15(13)17(4,5)6;1-15(2,3)12-9-11-10-17-8-7-13(11)18-14(12)16(4,5)6;1-15(2,3)13-14(16(4,5)6)18-12-10-8-7-9-11(12)17-13;1-14(2,3)12-13(15(4,5)6)18-11-9-16-8-7-10(11)17-12;2*1-14(2,3)11-12(15(4,5)6)18-13-10(17-11)8-7-9-16-13/h7-11H,1-6H3;2*7-10H,1-6H3;3*7-9H,1-6H3. The van der Waals surface area contributed by atoms with E-state index in [9.17, 15) is 0 Å². The van der Waals surface area contributed by atoms with Gasteiger partial charge in [-0.3, -0.25) is 19.9 Å². The van der Waals surface area contributed by atoms with Gasteiger partial charge in [0.05, 0.1) is 90.7 Å². The summed E-state index contributed by atoms with van der Waals surface area (Å²) in [5.41, 5.74) is 23.0. The number of pyridine rings is 6. The third-order valence-electron chi connectivity index (χ3n) is 18.0. The van der Waals surface area contributed by atoms with E-state index in [1.165, 1.54) is 27.9 Å². The van der Waals surface area contributed by atoms with Gasteiger partial charge >= 0.3 is 0 Å². The molecule has 0 radical (unpaired) electrons. The van der Waals surface area contributed by atoms with Crippen molar-refractivity contribution in [3.8, 4) is 0 Å². The minimum Gasteiger partial charge on any atom is -0.264 e. The molecule has 0 spiro atoms. The first-order valence-electron chi connectivity index (χ1n) is 38.5. The Labute approximate surface area is 648 Å². The minimum absolute atomic E-state index is 0.00687. The molecule has 0 aliphatic heterocycles. The Morgan fingerprint density at radius 2 is 0.426 bits per heavy atom. The van der Waals surface area contributed by atoms with Crippen molar-refractivity contribution in [2.45, 2.75) is 314 Å². The Morgan fingerprint density at radius 1 is 0.185 bits per heavy atom. The molecule has 0 fully saturated rings. The summed E-state index contributed by atoms with van der Waals surface area (Å²) in [5.74, 6) is 0. The van der Waals surface area contributed by atoms with Gasteiger partial charge in [-0.25, -0.2) is 49.8 Å². The molecule has 0 aliphatic rings.